The smallest absolute Gasteiger partial charge is 0.410 e. The molecule has 2 saturated carbocycles. The summed E-state index contributed by atoms with van der Waals surface area (Å²) in [6.07, 6.45) is 1.37. The summed E-state index contributed by atoms with van der Waals surface area (Å²) in [7, 11) is -3.92. The molecule has 294 valence electrons. The normalized spacial score (nSPS) is 24.3. The minimum absolute atomic E-state index is 0.0273. The highest BCUT2D eigenvalue weighted by Crippen LogP contribution is 2.57. The number of rotatable bonds is 15. The van der Waals surface area contributed by atoms with Crippen LogP contribution in [0, 0.1) is 23.1 Å². The van der Waals surface area contributed by atoms with Crippen molar-refractivity contribution in [1.29, 1.82) is 0 Å². The lowest BCUT2D eigenvalue weighted by atomic mass is 9.90. The molecule has 54 heavy (non-hydrogen) atoms. The lowest BCUT2D eigenvalue weighted by Gasteiger charge is -2.29. The molecular weight excluding hydrogens is 722 g/mol. The largest absolute Gasteiger partial charge is 0.460 e. The monoisotopic (exact) mass is 771 g/mol. The molecular formula is C39H50FN3O10S. The van der Waals surface area contributed by atoms with Gasteiger partial charge in [-0.05, 0) is 83.4 Å². The van der Waals surface area contributed by atoms with Gasteiger partial charge in [0.1, 0.15) is 17.5 Å². The highest BCUT2D eigenvalue weighted by Gasteiger charge is 2.61. The molecule has 15 heteroatoms. The molecule has 2 aliphatic heterocycles. The standard InChI is InChI=1S/C39H50FN3O10S/c1-7-23(3)32(44)15-12-24(16-34(46)53-38(4,5)6)35(47)43-21-27(52-37(49)42-20-25-10-9-11-30(40)29(25)22-42)17-31(43)33(45)19-39(18-26(39)8-2)36(48)41-54(50,51)28-13-14-28/h7-11,24,26-28,31H,2,12-22H2,1,3-6H3,(H,41,48)/b23-7+/t24-,26-,27-,31+,39-/m1/s1. The van der Waals surface area contributed by atoms with Crippen LogP contribution in [0.2, 0.25) is 0 Å². The fraction of sp³-hybridized carbons (Fsp3) is 0.590. The quantitative estimate of drug-likeness (QED) is 0.150. The summed E-state index contributed by atoms with van der Waals surface area (Å²) < 4.78 is 53.3. The topological polar surface area (TPSA) is 174 Å². The average Bonchev–Trinajstić information content (AvgIpc) is 3.99. The van der Waals surface area contributed by atoms with Crippen LogP contribution in [0.4, 0.5) is 9.18 Å². The van der Waals surface area contributed by atoms with Crippen molar-refractivity contribution in [3.05, 3.63) is 59.4 Å². The van der Waals surface area contributed by atoms with Crippen LogP contribution in [0.5, 0.6) is 0 Å². The van der Waals surface area contributed by atoms with Crippen LogP contribution in [0.25, 0.3) is 0 Å². The average molecular weight is 772 g/mol. The molecule has 0 unspecified atom stereocenters. The van der Waals surface area contributed by atoms with Crippen molar-refractivity contribution in [3.63, 3.8) is 0 Å². The lowest BCUT2D eigenvalue weighted by molar-refractivity contribution is -0.159. The van der Waals surface area contributed by atoms with Gasteiger partial charge in [0.05, 0.1) is 36.2 Å². The first-order valence-electron chi connectivity index (χ1n) is 18.4. The van der Waals surface area contributed by atoms with Crippen molar-refractivity contribution < 1.29 is 51.0 Å². The van der Waals surface area contributed by atoms with E-state index in [1.54, 1.807) is 52.8 Å². The molecule has 4 aliphatic rings. The SMILES string of the molecule is C=C[C@@H]1C[C@]1(CC(=O)[C@@H]1C[C@@H](OC(=O)N2Cc3cccc(F)c3C2)CN1C(=O)[C@H](CCC(=O)/C(C)=C/C)CC(=O)OC(C)(C)C)C(=O)NS(=O)(=O)C1CC1. The fourth-order valence-electron chi connectivity index (χ4n) is 7.26. The van der Waals surface area contributed by atoms with Crippen molar-refractivity contribution in [2.75, 3.05) is 6.54 Å². The third-order valence-electron chi connectivity index (χ3n) is 10.7. The Morgan fingerprint density at radius 1 is 1.13 bits per heavy atom. The van der Waals surface area contributed by atoms with E-state index in [0.717, 1.165) is 0 Å². The zero-order chi connectivity index (χ0) is 39.7. The van der Waals surface area contributed by atoms with Crippen molar-refractivity contribution in [3.8, 4) is 0 Å². The van der Waals surface area contributed by atoms with Gasteiger partial charge >= 0.3 is 12.1 Å². The van der Waals surface area contributed by atoms with E-state index in [9.17, 15) is 41.6 Å². The molecule has 5 rings (SSSR count). The Balaban J connectivity index is 1.39. The van der Waals surface area contributed by atoms with Gasteiger partial charge in [-0.1, -0.05) is 24.3 Å². The molecule has 3 fully saturated rings. The van der Waals surface area contributed by atoms with Crippen LogP contribution in [0.15, 0.2) is 42.5 Å². The minimum Gasteiger partial charge on any atom is -0.460 e. The number of hydrogen-bond acceptors (Lipinski definition) is 10. The summed E-state index contributed by atoms with van der Waals surface area (Å²) in [4.78, 5) is 84.1. The number of allylic oxidation sites excluding steroid dienone is 3. The number of sulfonamides is 1. The Hall–Kier alpha value is -4.40. The molecule has 1 aromatic rings. The maximum absolute atomic E-state index is 14.5. The zero-order valence-corrected chi connectivity index (χ0v) is 32.3. The van der Waals surface area contributed by atoms with E-state index in [1.165, 1.54) is 21.9 Å². The van der Waals surface area contributed by atoms with E-state index < -0.39 is 92.2 Å². The molecule has 3 amide bonds. The van der Waals surface area contributed by atoms with Gasteiger partial charge < -0.3 is 14.4 Å². The molecule has 0 bridgehead atoms. The molecule has 0 radical (unpaired) electrons. The van der Waals surface area contributed by atoms with Crippen LogP contribution in [0.3, 0.4) is 0 Å². The lowest BCUT2D eigenvalue weighted by Crippen LogP contribution is -2.46. The second kappa shape index (κ2) is 15.8. The molecule has 2 aliphatic carbocycles. The fourth-order valence-corrected chi connectivity index (χ4v) is 8.65. The zero-order valence-electron chi connectivity index (χ0n) is 31.5. The van der Waals surface area contributed by atoms with E-state index in [1.807, 2.05) is 0 Å². The number of halogens is 1. The van der Waals surface area contributed by atoms with Gasteiger partial charge in [-0.2, -0.15) is 0 Å². The first-order chi connectivity index (χ1) is 25.3. The number of Topliss-reactive ketones (excluding diaryl/α,β-unsaturated/α-hetero) is 2. The number of amides is 3. The highest BCUT2D eigenvalue weighted by molar-refractivity contribution is 7.90. The van der Waals surface area contributed by atoms with E-state index in [4.69, 9.17) is 9.47 Å². The molecule has 1 N–H and O–H groups in total. The molecule has 13 nitrogen and oxygen atoms in total. The Morgan fingerprint density at radius 2 is 1.83 bits per heavy atom. The number of likely N-dealkylation sites (tertiary alicyclic amines) is 1. The van der Waals surface area contributed by atoms with Crippen LogP contribution >= 0.6 is 0 Å². The van der Waals surface area contributed by atoms with Gasteiger partial charge in [-0.3, -0.25) is 33.6 Å². The number of carbonyl (C=O) groups excluding carboxylic acids is 6. The predicted molar refractivity (Wildman–Crippen MR) is 194 cm³/mol. The van der Waals surface area contributed by atoms with Crippen molar-refractivity contribution >= 4 is 45.5 Å². The third kappa shape index (κ3) is 9.27. The summed E-state index contributed by atoms with van der Waals surface area (Å²) in [6, 6.07) is 3.34. The molecule has 0 aromatic heterocycles. The first-order valence-corrected chi connectivity index (χ1v) is 19.9. The molecule has 1 aromatic carbocycles. The van der Waals surface area contributed by atoms with Gasteiger partial charge in [0.25, 0.3) is 0 Å². The van der Waals surface area contributed by atoms with Crippen LogP contribution in [-0.4, -0.2) is 83.2 Å². The molecule has 1 saturated heterocycles. The van der Waals surface area contributed by atoms with Crippen molar-refractivity contribution in [2.45, 2.75) is 122 Å². The number of carbonyl (C=O) groups is 6. The van der Waals surface area contributed by atoms with Gasteiger partial charge in [-0.25, -0.2) is 17.6 Å². The number of ketones is 2. The van der Waals surface area contributed by atoms with Crippen LogP contribution < -0.4 is 4.72 Å². The minimum atomic E-state index is -3.92. The van der Waals surface area contributed by atoms with Crippen LogP contribution in [-0.2, 0) is 56.6 Å². The number of esters is 1. The van der Waals surface area contributed by atoms with E-state index in [-0.39, 0.29) is 57.5 Å². The summed E-state index contributed by atoms with van der Waals surface area (Å²) in [5, 5.41) is -0.668. The van der Waals surface area contributed by atoms with Crippen molar-refractivity contribution in [1.82, 2.24) is 14.5 Å². The predicted octanol–water partition coefficient (Wildman–Crippen LogP) is 4.67. The van der Waals surface area contributed by atoms with Crippen molar-refractivity contribution in [2.24, 2.45) is 17.3 Å². The third-order valence-corrected chi connectivity index (χ3v) is 12.5. The highest BCUT2D eigenvalue weighted by atomic mass is 32.2. The van der Waals surface area contributed by atoms with Crippen LogP contribution in [0.1, 0.15) is 97.1 Å². The maximum Gasteiger partial charge on any atom is 0.410 e. The summed E-state index contributed by atoms with van der Waals surface area (Å²) in [6.45, 7) is 12.0. The Morgan fingerprint density at radius 3 is 2.43 bits per heavy atom. The Kier molecular flexibility index (Phi) is 11.9. The molecule has 2 heterocycles. The van der Waals surface area contributed by atoms with Gasteiger partial charge in [0.2, 0.25) is 21.8 Å². The number of benzene rings is 1. The van der Waals surface area contributed by atoms with Gasteiger partial charge in [0.15, 0.2) is 11.6 Å². The molecule has 5 atom stereocenters. The van der Waals surface area contributed by atoms with Gasteiger partial charge in [-0.15, -0.1) is 6.58 Å². The number of nitrogens with zero attached hydrogens (tertiary/aromatic N) is 2. The summed E-state index contributed by atoms with van der Waals surface area (Å²) in [5.41, 5.74) is -0.782. The Labute approximate surface area is 315 Å². The Bertz CT molecular complexity index is 1870. The van der Waals surface area contributed by atoms with Gasteiger partial charge in [0, 0.05) is 37.3 Å². The van der Waals surface area contributed by atoms with E-state index in [0.29, 0.717) is 29.5 Å². The van der Waals surface area contributed by atoms with E-state index in [2.05, 4.69) is 11.3 Å². The summed E-state index contributed by atoms with van der Waals surface area (Å²) in [5.74, 6) is -4.94. The number of nitrogens with one attached hydrogen (secondary N) is 1. The van der Waals surface area contributed by atoms with E-state index >= 15 is 0 Å². The summed E-state index contributed by atoms with van der Waals surface area (Å²) >= 11 is 0. The second-order valence-electron chi connectivity index (χ2n) is 15.9. The molecule has 0 spiro atoms. The first kappa shape index (κ1) is 40.8. The number of hydrogen-bond donors (Lipinski definition) is 1. The number of fused-ring (bicyclic) bond motifs is 1. The number of ether oxygens (including phenoxy) is 2. The maximum atomic E-state index is 14.5. The second-order valence-corrected chi connectivity index (χ2v) is 17.9.